The number of nitrogens with one attached hydrogen (secondary N) is 1. The molecule has 0 aromatic carbocycles. The molecule has 7 heteroatoms. The maximum atomic E-state index is 5.67. The van der Waals surface area contributed by atoms with Crippen LogP contribution in [-0.4, -0.2) is 33.0 Å². The number of nitrogens with zero attached hydrogens (tertiary/aromatic N) is 4. The molecule has 1 saturated heterocycles. The summed E-state index contributed by atoms with van der Waals surface area (Å²) in [5.74, 6) is 0.835. The van der Waals surface area contributed by atoms with Crippen molar-refractivity contribution in [1.29, 1.82) is 0 Å². The van der Waals surface area contributed by atoms with Gasteiger partial charge in [-0.05, 0) is 33.2 Å². The normalized spacial score (nSPS) is 20.5. The largest absolute Gasteiger partial charge is 0.370 e. The Morgan fingerprint density at radius 3 is 3.00 bits per heavy atom. The zero-order chi connectivity index (χ0) is 13.5. The molecule has 1 fully saturated rings. The lowest BCUT2D eigenvalue weighted by Crippen LogP contribution is -2.36. The van der Waals surface area contributed by atoms with Crippen molar-refractivity contribution in [3.8, 4) is 0 Å². The van der Waals surface area contributed by atoms with Crippen molar-refractivity contribution in [1.82, 2.24) is 25.1 Å². The molecule has 1 N–H and O–H groups in total. The zero-order valence-corrected chi connectivity index (χ0v) is 12.3. The van der Waals surface area contributed by atoms with Gasteiger partial charge in [0.2, 0.25) is 4.96 Å². The fraction of sp³-hybridized carbons (Fsp3) is 0.750. The first kappa shape index (κ1) is 13.0. The number of ether oxygens (including phenoxy) is 1. The SMILES string of the molecule is CCNC(C)(C)c1nn2c(C3CCCO3)nnc2s1. The zero-order valence-electron chi connectivity index (χ0n) is 11.5. The average Bonchev–Trinajstić information content (AvgIpc) is 3.04. The molecular weight excluding hydrogens is 262 g/mol. The summed E-state index contributed by atoms with van der Waals surface area (Å²) in [6.45, 7) is 8.08. The molecule has 19 heavy (non-hydrogen) atoms. The van der Waals surface area contributed by atoms with Gasteiger partial charge in [-0.15, -0.1) is 10.2 Å². The lowest BCUT2D eigenvalue weighted by Gasteiger charge is -2.22. The summed E-state index contributed by atoms with van der Waals surface area (Å²) < 4.78 is 7.52. The van der Waals surface area contributed by atoms with Gasteiger partial charge in [0.1, 0.15) is 11.1 Å². The van der Waals surface area contributed by atoms with Crippen molar-refractivity contribution >= 4 is 16.3 Å². The van der Waals surface area contributed by atoms with Crippen LogP contribution in [0.5, 0.6) is 0 Å². The van der Waals surface area contributed by atoms with Gasteiger partial charge in [-0.3, -0.25) is 0 Å². The van der Waals surface area contributed by atoms with Gasteiger partial charge in [-0.25, -0.2) is 0 Å². The first-order chi connectivity index (χ1) is 9.12. The van der Waals surface area contributed by atoms with Crippen LogP contribution in [-0.2, 0) is 10.3 Å². The van der Waals surface area contributed by atoms with Gasteiger partial charge < -0.3 is 10.1 Å². The van der Waals surface area contributed by atoms with Crippen molar-refractivity contribution in [2.75, 3.05) is 13.2 Å². The summed E-state index contributed by atoms with van der Waals surface area (Å²) in [7, 11) is 0. The van der Waals surface area contributed by atoms with Crippen LogP contribution in [0.4, 0.5) is 0 Å². The highest BCUT2D eigenvalue weighted by atomic mass is 32.1. The highest BCUT2D eigenvalue weighted by Crippen LogP contribution is 2.30. The molecule has 1 atom stereocenters. The van der Waals surface area contributed by atoms with Crippen molar-refractivity contribution < 1.29 is 4.74 Å². The second-order valence-electron chi connectivity index (χ2n) is 5.32. The number of rotatable bonds is 4. The Kier molecular flexibility index (Phi) is 3.28. The van der Waals surface area contributed by atoms with Crippen LogP contribution in [0.2, 0.25) is 0 Å². The van der Waals surface area contributed by atoms with Crippen molar-refractivity contribution in [3.05, 3.63) is 10.8 Å². The first-order valence-electron chi connectivity index (χ1n) is 6.71. The molecule has 1 unspecified atom stereocenters. The van der Waals surface area contributed by atoms with Crippen molar-refractivity contribution in [2.24, 2.45) is 0 Å². The molecule has 0 bridgehead atoms. The predicted octanol–water partition coefficient (Wildman–Crippen LogP) is 1.88. The van der Waals surface area contributed by atoms with E-state index in [-0.39, 0.29) is 11.6 Å². The minimum absolute atomic E-state index is 0.0483. The van der Waals surface area contributed by atoms with E-state index >= 15 is 0 Å². The molecule has 0 aliphatic carbocycles. The van der Waals surface area contributed by atoms with E-state index in [2.05, 4.69) is 41.4 Å². The summed E-state index contributed by atoms with van der Waals surface area (Å²) in [4.78, 5) is 0.839. The molecule has 3 rings (SSSR count). The van der Waals surface area contributed by atoms with E-state index < -0.39 is 0 Å². The van der Waals surface area contributed by atoms with Crippen LogP contribution in [0.1, 0.15) is 50.5 Å². The van der Waals surface area contributed by atoms with E-state index in [1.807, 2.05) is 4.52 Å². The Morgan fingerprint density at radius 2 is 2.32 bits per heavy atom. The Balaban J connectivity index is 1.97. The smallest absolute Gasteiger partial charge is 0.234 e. The monoisotopic (exact) mass is 281 g/mol. The van der Waals surface area contributed by atoms with Gasteiger partial charge >= 0.3 is 0 Å². The van der Waals surface area contributed by atoms with Gasteiger partial charge in [0, 0.05) is 6.61 Å². The molecule has 3 heterocycles. The molecule has 1 aliphatic rings. The van der Waals surface area contributed by atoms with E-state index in [1.165, 1.54) is 0 Å². The number of hydrogen-bond donors (Lipinski definition) is 1. The Labute approximate surface area is 116 Å². The molecule has 2 aromatic heterocycles. The summed E-state index contributed by atoms with van der Waals surface area (Å²) in [5, 5.41) is 17.6. The quantitative estimate of drug-likeness (QED) is 0.927. The minimum Gasteiger partial charge on any atom is -0.370 e. The lowest BCUT2D eigenvalue weighted by atomic mass is 10.1. The lowest BCUT2D eigenvalue weighted by molar-refractivity contribution is 0.103. The Bertz CT molecular complexity index is 570. The highest BCUT2D eigenvalue weighted by Gasteiger charge is 2.28. The standard InChI is InChI=1S/C12H19N5OS/c1-4-13-12(2,3)10-16-17-9(8-6-5-7-18-8)14-15-11(17)19-10/h8,13H,4-7H2,1-3H3. The molecule has 1 aliphatic heterocycles. The van der Waals surface area contributed by atoms with Gasteiger partial charge in [-0.2, -0.15) is 9.61 Å². The van der Waals surface area contributed by atoms with Gasteiger partial charge in [0.15, 0.2) is 5.82 Å². The Morgan fingerprint density at radius 1 is 1.47 bits per heavy atom. The molecule has 2 aromatic rings. The number of hydrogen-bond acceptors (Lipinski definition) is 6. The second-order valence-corrected chi connectivity index (χ2v) is 6.27. The molecule has 104 valence electrons. The van der Waals surface area contributed by atoms with E-state index in [0.717, 1.165) is 41.8 Å². The topological polar surface area (TPSA) is 64.3 Å². The van der Waals surface area contributed by atoms with Crippen LogP contribution in [0.25, 0.3) is 4.96 Å². The maximum absolute atomic E-state index is 5.67. The van der Waals surface area contributed by atoms with Crippen LogP contribution >= 0.6 is 11.3 Å². The van der Waals surface area contributed by atoms with E-state index in [9.17, 15) is 0 Å². The third-order valence-corrected chi connectivity index (χ3v) is 4.61. The van der Waals surface area contributed by atoms with Crippen molar-refractivity contribution in [2.45, 2.75) is 45.3 Å². The molecule has 0 saturated carbocycles. The first-order valence-corrected chi connectivity index (χ1v) is 7.52. The Hall–Kier alpha value is -1.05. The molecular formula is C12H19N5OS. The van der Waals surface area contributed by atoms with Gasteiger partial charge in [-0.1, -0.05) is 18.3 Å². The third-order valence-electron chi connectivity index (χ3n) is 3.39. The van der Waals surface area contributed by atoms with Crippen LogP contribution < -0.4 is 5.32 Å². The van der Waals surface area contributed by atoms with E-state index in [4.69, 9.17) is 4.74 Å². The van der Waals surface area contributed by atoms with Gasteiger partial charge in [0.05, 0.1) is 5.54 Å². The number of aromatic nitrogens is 4. The van der Waals surface area contributed by atoms with Crippen LogP contribution in [0, 0.1) is 0 Å². The summed E-state index contributed by atoms with van der Waals surface area (Å²) in [6.07, 6.45) is 2.14. The predicted molar refractivity (Wildman–Crippen MR) is 73.3 cm³/mol. The molecule has 0 spiro atoms. The molecule has 0 radical (unpaired) electrons. The van der Waals surface area contributed by atoms with Gasteiger partial charge in [0.25, 0.3) is 0 Å². The fourth-order valence-corrected chi connectivity index (χ4v) is 3.31. The van der Waals surface area contributed by atoms with Crippen molar-refractivity contribution in [3.63, 3.8) is 0 Å². The molecule has 6 nitrogen and oxygen atoms in total. The average molecular weight is 281 g/mol. The van der Waals surface area contributed by atoms with Crippen LogP contribution in [0.3, 0.4) is 0 Å². The van der Waals surface area contributed by atoms with E-state index in [1.54, 1.807) is 11.3 Å². The maximum Gasteiger partial charge on any atom is 0.234 e. The molecule has 0 amide bonds. The third kappa shape index (κ3) is 2.26. The number of fused-ring (bicyclic) bond motifs is 1. The van der Waals surface area contributed by atoms with Crippen LogP contribution in [0.15, 0.2) is 0 Å². The fourth-order valence-electron chi connectivity index (χ4n) is 2.38. The minimum atomic E-state index is -0.145. The summed E-state index contributed by atoms with van der Waals surface area (Å²) >= 11 is 1.58. The summed E-state index contributed by atoms with van der Waals surface area (Å²) in [6, 6.07) is 0. The highest BCUT2D eigenvalue weighted by molar-refractivity contribution is 7.16. The summed E-state index contributed by atoms with van der Waals surface area (Å²) in [5.41, 5.74) is -0.145. The van der Waals surface area contributed by atoms with E-state index in [0.29, 0.717) is 0 Å². The second kappa shape index (κ2) is 4.81.